The lowest BCUT2D eigenvalue weighted by Gasteiger charge is -2.18. The highest BCUT2D eigenvalue weighted by Gasteiger charge is 2.21. The molecular formula is C17H22FN3O3S. The van der Waals surface area contributed by atoms with Crippen LogP contribution >= 0.6 is 0 Å². The summed E-state index contributed by atoms with van der Waals surface area (Å²) in [5.41, 5.74) is 2.12. The minimum Gasteiger partial charge on any atom is -0.314 e. The van der Waals surface area contributed by atoms with Crippen molar-refractivity contribution in [3.05, 3.63) is 62.8 Å². The number of hydrogen-bond acceptors (Lipinski definition) is 3. The highest BCUT2D eigenvalue weighted by atomic mass is 32.2. The van der Waals surface area contributed by atoms with Crippen LogP contribution in [0.15, 0.2) is 29.2 Å². The minimum atomic E-state index is -3.83. The number of halogens is 1. The topological polar surface area (TPSA) is 71.4 Å². The van der Waals surface area contributed by atoms with Gasteiger partial charge in [0.1, 0.15) is 0 Å². The fraction of sp³-hybridized carbons (Fsp3) is 0.353. The van der Waals surface area contributed by atoms with E-state index in [0.29, 0.717) is 0 Å². The van der Waals surface area contributed by atoms with E-state index in [1.54, 1.807) is 0 Å². The first-order chi connectivity index (χ1) is 11.5. The minimum absolute atomic E-state index is 0.0282. The molecule has 0 saturated heterocycles. The van der Waals surface area contributed by atoms with E-state index in [1.807, 2.05) is 32.0 Å². The Morgan fingerprint density at radius 2 is 1.88 bits per heavy atom. The van der Waals surface area contributed by atoms with Crippen molar-refractivity contribution >= 4 is 15.9 Å². The van der Waals surface area contributed by atoms with Gasteiger partial charge in [0, 0.05) is 39.3 Å². The summed E-state index contributed by atoms with van der Waals surface area (Å²) in [5, 5.41) is 0. The van der Waals surface area contributed by atoms with Gasteiger partial charge >= 0.3 is 10.2 Å². The summed E-state index contributed by atoms with van der Waals surface area (Å²) >= 11 is 0. The smallest absolute Gasteiger partial charge is 0.301 e. The van der Waals surface area contributed by atoms with E-state index < -0.39 is 21.6 Å². The van der Waals surface area contributed by atoms with Gasteiger partial charge in [-0.25, -0.2) is 4.39 Å². The average Bonchev–Trinajstić information content (AvgIpc) is 2.50. The molecule has 0 aliphatic heterocycles. The molecule has 0 unspecified atom stereocenters. The molecule has 0 saturated carbocycles. The molecule has 1 aromatic heterocycles. The second kappa shape index (κ2) is 6.97. The Morgan fingerprint density at radius 3 is 2.44 bits per heavy atom. The van der Waals surface area contributed by atoms with E-state index in [9.17, 15) is 17.6 Å². The molecule has 1 N–H and O–H groups in total. The Kier molecular flexibility index (Phi) is 5.34. The number of pyridine rings is 1. The first-order valence-electron chi connectivity index (χ1n) is 7.67. The van der Waals surface area contributed by atoms with Gasteiger partial charge in [0.05, 0.1) is 5.69 Å². The summed E-state index contributed by atoms with van der Waals surface area (Å²) in [4.78, 5) is 12.0. The van der Waals surface area contributed by atoms with Gasteiger partial charge in [0.15, 0.2) is 5.82 Å². The van der Waals surface area contributed by atoms with E-state index in [1.165, 1.54) is 27.3 Å². The lowest BCUT2D eigenvalue weighted by Crippen LogP contribution is -2.31. The molecule has 0 radical (unpaired) electrons. The lowest BCUT2D eigenvalue weighted by molar-refractivity contribution is 0.526. The Bertz CT molecular complexity index is 966. The van der Waals surface area contributed by atoms with Crippen LogP contribution in [0.25, 0.3) is 0 Å². The van der Waals surface area contributed by atoms with Crippen LogP contribution in [-0.2, 0) is 23.7 Å². The maximum atomic E-state index is 14.6. The van der Waals surface area contributed by atoms with Crippen LogP contribution in [-0.4, -0.2) is 31.4 Å². The zero-order chi connectivity index (χ0) is 18.9. The van der Waals surface area contributed by atoms with Crippen LogP contribution in [0.4, 0.5) is 10.1 Å². The van der Waals surface area contributed by atoms with Crippen LogP contribution < -0.4 is 10.3 Å². The first-order valence-corrected chi connectivity index (χ1v) is 9.11. The number of aromatic nitrogens is 1. The van der Waals surface area contributed by atoms with Crippen molar-refractivity contribution in [3.63, 3.8) is 0 Å². The summed E-state index contributed by atoms with van der Waals surface area (Å²) in [6.07, 6.45) is 1.41. The van der Waals surface area contributed by atoms with Crippen molar-refractivity contribution in [2.45, 2.75) is 20.3 Å². The Morgan fingerprint density at radius 1 is 1.24 bits per heavy atom. The molecule has 0 aliphatic rings. The third kappa shape index (κ3) is 4.08. The third-order valence-corrected chi connectivity index (χ3v) is 5.45. The molecule has 6 nitrogen and oxygen atoms in total. The van der Waals surface area contributed by atoms with Crippen LogP contribution in [0, 0.1) is 19.7 Å². The molecule has 2 rings (SSSR count). The summed E-state index contributed by atoms with van der Waals surface area (Å²) in [5.74, 6) is -0.957. The molecular weight excluding hydrogens is 345 g/mol. The quantitative estimate of drug-likeness (QED) is 0.878. The van der Waals surface area contributed by atoms with Gasteiger partial charge < -0.3 is 4.57 Å². The molecule has 0 spiro atoms. The number of anilines is 1. The largest absolute Gasteiger partial charge is 0.314 e. The number of hydrogen-bond donors (Lipinski definition) is 1. The maximum Gasteiger partial charge on any atom is 0.301 e. The molecule has 0 atom stereocenters. The van der Waals surface area contributed by atoms with Gasteiger partial charge in [-0.1, -0.05) is 23.8 Å². The maximum absolute atomic E-state index is 14.6. The molecule has 0 bridgehead atoms. The van der Waals surface area contributed by atoms with Crippen LogP contribution in [0.1, 0.15) is 22.3 Å². The van der Waals surface area contributed by atoms with Crippen molar-refractivity contribution in [1.82, 2.24) is 8.87 Å². The van der Waals surface area contributed by atoms with E-state index in [4.69, 9.17) is 0 Å². The number of benzene rings is 1. The molecule has 1 heterocycles. The predicted octanol–water partition coefficient (Wildman–Crippen LogP) is 1.95. The van der Waals surface area contributed by atoms with E-state index in [2.05, 4.69) is 4.72 Å². The SMILES string of the molecule is Cc1ccc(Cc2c(NS(=O)(=O)N(C)C)cn(C)c(=O)c2F)c(C)c1. The molecule has 1 aromatic carbocycles. The van der Waals surface area contributed by atoms with E-state index >= 15 is 0 Å². The summed E-state index contributed by atoms with van der Waals surface area (Å²) in [7, 11) is 0.278. The highest BCUT2D eigenvalue weighted by molar-refractivity contribution is 7.90. The summed E-state index contributed by atoms with van der Waals surface area (Å²) < 4.78 is 43.2. The van der Waals surface area contributed by atoms with Crippen molar-refractivity contribution in [3.8, 4) is 0 Å². The number of rotatable bonds is 5. The van der Waals surface area contributed by atoms with Crippen LogP contribution in [0.5, 0.6) is 0 Å². The van der Waals surface area contributed by atoms with Gasteiger partial charge in [-0.15, -0.1) is 0 Å². The third-order valence-electron chi connectivity index (χ3n) is 4.01. The Balaban J connectivity index is 2.59. The standard InChI is InChI=1S/C17H22FN3O3S/c1-11-6-7-13(12(2)8-11)9-14-15(19-25(23,24)20(3)4)10-21(5)17(22)16(14)18/h6-8,10,19H,9H2,1-5H3. The number of nitrogens with one attached hydrogen (secondary N) is 1. The molecule has 25 heavy (non-hydrogen) atoms. The summed E-state index contributed by atoms with van der Waals surface area (Å²) in [6.45, 7) is 3.84. The number of aryl methyl sites for hydroxylation is 3. The first kappa shape index (κ1) is 19.1. The second-order valence-corrected chi connectivity index (χ2v) is 8.13. The van der Waals surface area contributed by atoms with Crippen molar-refractivity contribution < 1.29 is 12.8 Å². The van der Waals surface area contributed by atoms with Gasteiger partial charge in [-0.05, 0) is 25.0 Å². The van der Waals surface area contributed by atoms with Gasteiger partial charge in [0.2, 0.25) is 0 Å². The average molecular weight is 367 g/mol. The zero-order valence-corrected chi connectivity index (χ0v) is 15.7. The molecule has 2 aromatic rings. The Hall–Kier alpha value is -2.19. The predicted molar refractivity (Wildman–Crippen MR) is 96.6 cm³/mol. The van der Waals surface area contributed by atoms with E-state index in [0.717, 1.165) is 25.6 Å². The molecule has 136 valence electrons. The van der Waals surface area contributed by atoms with Crippen molar-refractivity contribution in [1.29, 1.82) is 0 Å². The van der Waals surface area contributed by atoms with Crippen LogP contribution in [0.2, 0.25) is 0 Å². The van der Waals surface area contributed by atoms with E-state index in [-0.39, 0.29) is 17.7 Å². The van der Waals surface area contributed by atoms with Gasteiger partial charge in [0.25, 0.3) is 5.56 Å². The second-order valence-electron chi connectivity index (χ2n) is 6.25. The zero-order valence-electron chi connectivity index (χ0n) is 14.9. The fourth-order valence-corrected chi connectivity index (χ4v) is 3.09. The molecule has 0 amide bonds. The molecule has 0 fully saturated rings. The summed E-state index contributed by atoms with van der Waals surface area (Å²) in [6, 6.07) is 5.70. The molecule has 8 heteroatoms. The normalized spacial score (nSPS) is 11.8. The lowest BCUT2D eigenvalue weighted by atomic mass is 9.98. The van der Waals surface area contributed by atoms with Crippen molar-refractivity contribution in [2.75, 3.05) is 18.8 Å². The van der Waals surface area contributed by atoms with Crippen LogP contribution in [0.3, 0.4) is 0 Å². The number of nitrogens with zero attached hydrogens (tertiary/aromatic N) is 2. The highest BCUT2D eigenvalue weighted by Crippen LogP contribution is 2.23. The molecule has 0 aliphatic carbocycles. The van der Waals surface area contributed by atoms with Gasteiger partial charge in [-0.3, -0.25) is 9.52 Å². The monoisotopic (exact) mass is 367 g/mol. The van der Waals surface area contributed by atoms with Crippen molar-refractivity contribution in [2.24, 2.45) is 7.05 Å². The fourth-order valence-electron chi connectivity index (χ4n) is 2.46. The Labute approximate surface area is 147 Å². The van der Waals surface area contributed by atoms with Gasteiger partial charge in [-0.2, -0.15) is 12.7 Å².